The first kappa shape index (κ1) is 17.4. The lowest BCUT2D eigenvalue weighted by molar-refractivity contribution is -0.112. The molecule has 0 aromatic heterocycles. The average molecular weight is 342 g/mol. The number of methoxy groups -OCH3 is 1. The second-order valence-corrected chi connectivity index (χ2v) is 5.39. The zero-order valence-electron chi connectivity index (χ0n) is 13.3. The van der Waals surface area contributed by atoms with Crippen LogP contribution >= 0.6 is 11.6 Å². The summed E-state index contributed by atoms with van der Waals surface area (Å²) in [6.07, 6.45) is 1.37. The van der Waals surface area contributed by atoms with Gasteiger partial charge in [0.1, 0.15) is 17.4 Å². The van der Waals surface area contributed by atoms with Crippen molar-refractivity contribution in [3.05, 3.63) is 64.8 Å². The quantitative estimate of drug-likeness (QED) is 0.634. The van der Waals surface area contributed by atoms with E-state index >= 15 is 0 Å². The highest BCUT2D eigenvalue weighted by atomic mass is 35.5. The predicted octanol–water partition coefficient (Wildman–Crippen LogP) is 4.12. The minimum atomic E-state index is -0.529. The lowest BCUT2D eigenvalue weighted by Gasteiger charge is -2.08. The number of benzene rings is 2. The number of halogens is 1. The van der Waals surface area contributed by atoms with Gasteiger partial charge in [-0.1, -0.05) is 23.7 Å². The maximum atomic E-state index is 12.2. The number of nitrogens with zero attached hydrogens (tertiary/aromatic N) is 1. The molecule has 0 aliphatic rings. The third-order valence-electron chi connectivity index (χ3n) is 3.18. The Morgan fingerprint density at radius 2 is 2.04 bits per heavy atom. The number of nitriles is 1. The molecule has 0 fully saturated rings. The monoisotopic (exact) mass is 341 g/mol. The van der Waals surface area contributed by atoms with Gasteiger partial charge < -0.3 is 15.4 Å². The number of carbonyl (C=O) groups excluding carboxylic acids is 1. The van der Waals surface area contributed by atoms with E-state index in [1.807, 2.05) is 37.3 Å². The summed E-state index contributed by atoms with van der Waals surface area (Å²) in [6.45, 7) is 1.96. The summed E-state index contributed by atoms with van der Waals surface area (Å²) in [5.41, 5.74) is 2.29. The Kier molecular flexibility index (Phi) is 5.83. The molecule has 0 saturated carbocycles. The molecular formula is C18H16ClN3O2. The number of rotatable bonds is 5. The van der Waals surface area contributed by atoms with Crippen LogP contribution in [0.1, 0.15) is 5.56 Å². The summed E-state index contributed by atoms with van der Waals surface area (Å²) >= 11 is 6.01. The molecule has 0 unspecified atom stereocenters. The maximum absolute atomic E-state index is 12.2. The van der Waals surface area contributed by atoms with Crippen LogP contribution in [0.5, 0.6) is 5.75 Å². The molecule has 0 saturated heterocycles. The Bertz CT molecular complexity index is 825. The van der Waals surface area contributed by atoms with Crippen LogP contribution in [0.4, 0.5) is 11.4 Å². The minimum Gasteiger partial charge on any atom is -0.495 e. The van der Waals surface area contributed by atoms with Gasteiger partial charge in [0, 0.05) is 17.6 Å². The topological polar surface area (TPSA) is 74.1 Å². The fraction of sp³-hybridized carbons (Fsp3) is 0.111. The third-order valence-corrected chi connectivity index (χ3v) is 3.47. The molecule has 2 aromatic rings. The number of anilines is 2. The molecule has 6 heteroatoms. The zero-order chi connectivity index (χ0) is 17.5. The van der Waals surface area contributed by atoms with E-state index in [1.165, 1.54) is 13.3 Å². The van der Waals surface area contributed by atoms with Gasteiger partial charge in [-0.05, 0) is 42.8 Å². The minimum absolute atomic E-state index is 0.0524. The van der Waals surface area contributed by atoms with E-state index in [-0.39, 0.29) is 5.57 Å². The molecule has 0 aliphatic carbocycles. The van der Waals surface area contributed by atoms with Crippen LogP contribution in [0.25, 0.3) is 0 Å². The molecule has 0 aliphatic heterocycles. The Labute approximate surface area is 145 Å². The van der Waals surface area contributed by atoms with Crippen molar-refractivity contribution < 1.29 is 9.53 Å². The second-order valence-electron chi connectivity index (χ2n) is 4.99. The summed E-state index contributed by atoms with van der Waals surface area (Å²) in [6, 6.07) is 14.3. The van der Waals surface area contributed by atoms with Crippen LogP contribution in [-0.4, -0.2) is 13.0 Å². The lowest BCUT2D eigenvalue weighted by atomic mass is 10.2. The number of amides is 1. The largest absolute Gasteiger partial charge is 0.495 e. The summed E-state index contributed by atoms with van der Waals surface area (Å²) < 4.78 is 5.05. The molecule has 0 atom stereocenters. The standard InChI is InChI=1S/C18H16ClN3O2/c1-12-4-3-5-14(8-12)21-11-13(10-20)18(23)22-15-6-7-17(24-2)16(19)9-15/h3-9,11,21H,1-2H3,(H,22,23)/b13-11-. The van der Waals surface area contributed by atoms with Crippen LogP contribution in [-0.2, 0) is 4.79 Å². The van der Waals surface area contributed by atoms with Crippen LogP contribution in [0.3, 0.4) is 0 Å². The molecule has 2 aromatic carbocycles. The van der Waals surface area contributed by atoms with E-state index in [2.05, 4.69) is 10.6 Å². The lowest BCUT2D eigenvalue weighted by Crippen LogP contribution is -2.14. The molecule has 2 N–H and O–H groups in total. The van der Waals surface area contributed by atoms with Crippen molar-refractivity contribution in [1.82, 2.24) is 0 Å². The molecule has 5 nitrogen and oxygen atoms in total. The van der Waals surface area contributed by atoms with E-state index < -0.39 is 5.91 Å². The van der Waals surface area contributed by atoms with E-state index in [4.69, 9.17) is 16.3 Å². The Morgan fingerprint density at radius 3 is 2.67 bits per heavy atom. The van der Waals surface area contributed by atoms with E-state index in [0.29, 0.717) is 16.5 Å². The van der Waals surface area contributed by atoms with Crippen molar-refractivity contribution in [2.24, 2.45) is 0 Å². The Balaban J connectivity index is 2.10. The maximum Gasteiger partial charge on any atom is 0.267 e. The first-order chi connectivity index (χ1) is 11.5. The van der Waals surface area contributed by atoms with Crippen molar-refractivity contribution in [3.8, 4) is 11.8 Å². The van der Waals surface area contributed by atoms with Crippen LogP contribution in [0.2, 0.25) is 5.02 Å². The second kappa shape index (κ2) is 8.04. The van der Waals surface area contributed by atoms with Gasteiger partial charge in [-0.25, -0.2) is 0 Å². The van der Waals surface area contributed by atoms with Gasteiger partial charge in [0.2, 0.25) is 0 Å². The van der Waals surface area contributed by atoms with Gasteiger partial charge in [0.15, 0.2) is 0 Å². The average Bonchev–Trinajstić information content (AvgIpc) is 2.55. The summed E-state index contributed by atoms with van der Waals surface area (Å²) in [4.78, 5) is 12.2. The molecule has 0 heterocycles. The number of hydrogen-bond acceptors (Lipinski definition) is 4. The van der Waals surface area contributed by atoms with Gasteiger partial charge in [-0.15, -0.1) is 0 Å². The smallest absolute Gasteiger partial charge is 0.267 e. The third kappa shape index (κ3) is 4.51. The number of carbonyl (C=O) groups is 1. The van der Waals surface area contributed by atoms with Gasteiger partial charge in [-0.2, -0.15) is 5.26 Å². The van der Waals surface area contributed by atoms with Crippen molar-refractivity contribution in [2.45, 2.75) is 6.92 Å². The highest BCUT2D eigenvalue weighted by Gasteiger charge is 2.10. The fourth-order valence-corrected chi connectivity index (χ4v) is 2.24. The van der Waals surface area contributed by atoms with Crippen molar-refractivity contribution >= 4 is 28.9 Å². The summed E-state index contributed by atoms with van der Waals surface area (Å²) in [5.74, 6) is -0.0225. The molecule has 1 amide bonds. The zero-order valence-corrected chi connectivity index (χ0v) is 14.0. The van der Waals surface area contributed by atoms with Crippen molar-refractivity contribution in [1.29, 1.82) is 5.26 Å². The first-order valence-electron chi connectivity index (χ1n) is 7.12. The Hall–Kier alpha value is -2.97. The summed E-state index contributed by atoms with van der Waals surface area (Å²) in [5, 5.41) is 15.1. The highest BCUT2D eigenvalue weighted by molar-refractivity contribution is 6.32. The predicted molar refractivity (Wildman–Crippen MR) is 95.1 cm³/mol. The van der Waals surface area contributed by atoms with Crippen LogP contribution in [0, 0.1) is 18.3 Å². The molecule has 2 rings (SSSR count). The van der Waals surface area contributed by atoms with Gasteiger partial charge in [-0.3, -0.25) is 4.79 Å². The van der Waals surface area contributed by atoms with E-state index in [0.717, 1.165) is 11.3 Å². The fourth-order valence-electron chi connectivity index (χ4n) is 1.98. The normalized spacial score (nSPS) is 10.7. The van der Waals surface area contributed by atoms with Crippen molar-refractivity contribution in [2.75, 3.05) is 17.7 Å². The van der Waals surface area contributed by atoms with Gasteiger partial charge >= 0.3 is 0 Å². The molecule has 24 heavy (non-hydrogen) atoms. The van der Waals surface area contributed by atoms with Gasteiger partial charge in [0.05, 0.1) is 12.1 Å². The SMILES string of the molecule is COc1ccc(NC(=O)/C(C#N)=C\Nc2cccc(C)c2)cc1Cl. The van der Waals surface area contributed by atoms with Crippen LogP contribution < -0.4 is 15.4 Å². The Morgan fingerprint density at radius 1 is 1.25 bits per heavy atom. The summed E-state index contributed by atoms with van der Waals surface area (Å²) in [7, 11) is 1.51. The number of ether oxygens (including phenoxy) is 1. The molecule has 0 spiro atoms. The van der Waals surface area contributed by atoms with Gasteiger partial charge in [0.25, 0.3) is 5.91 Å². The van der Waals surface area contributed by atoms with Crippen LogP contribution in [0.15, 0.2) is 54.2 Å². The first-order valence-corrected chi connectivity index (χ1v) is 7.49. The van der Waals surface area contributed by atoms with E-state index in [9.17, 15) is 10.1 Å². The van der Waals surface area contributed by atoms with Crippen molar-refractivity contribution in [3.63, 3.8) is 0 Å². The van der Waals surface area contributed by atoms with E-state index in [1.54, 1.807) is 18.2 Å². The molecular weight excluding hydrogens is 326 g/mol. The molecule has 0 bridgehead atoms. The molecule has 122 valence electrons. The molecule has 0 radical (unpaired) electrons. The highest BCUT2D eigenvalue weighted by Crippen LogP contribution is 2.27. The number of nitrogens with one attached hydrogen (secondary N) is 2. The number of hydrogen-bond donors (Lipinski definition) is 2. The number of aryl methyl sites for hydroxylation is 1.